The number of aliphatic hydroxyl groups excluding tert-OH is 1. The first-order valence-electron chi connectivity index (χ1n) is 11.5. The number of pyridine rings is 1. The second-order valence-corrected chi connectivity index (χ2v) is 8.51. The minimum Gasteiger partial charge on any atom is -0.390 e. The molecule has 5 rings (SSSR count). The predicted octanol–water partition coefficient (Wildman–Crippen LogP) is 3.12. The van der Waals surface area contributed by atoms with Crippen LogP contribution in [0.4, 0.5) is 11.6 Å². The van der Waals surface area contributed by atoms with Crippen molar-refractivity contribution in [2.75, 3.05) is 25.5 Å². The molecule has 0 bridgehead atoms. The summed E-state index contributed by atoms with van der Waals surface area (Å²) in [5.41, 5.74) is 4.10. The van der Waals surface area contributed by atoms with E-state index in [4.69, 9.17) is 0 Å². The number of aliphatic hydroxyl groups is 1. The van der Waals surface area contributed by atoms with Crippen LogP contribution in [-0.4, -0.2) is 54.5 Å². The van der Waals surface area contributed by atoms with Crippen molar-refractivity contribution in [3.8, 4) is 5.82 Å². The summed E-state index contributed by atoms with van der Waals surface area (Å²) in [6.07, 6.45) is 6.47. The van der Waals surface area contributed by atoms with Crippen LogP contribution in [0.5, 0.6) is 0 Å². The highest BCUT2D eigenvalue weighted by atomic mass is 16.3. The van der Waals surface area contributed by atoms with Crippen LogP contribution in [0.1, 0.15) is 17.7 Å². The Morgan fingerprint density at radius 3 is 2.71 bits per heavy atom. The highest BCUT2D eigenvalue weighted by molar-refractivity contribution is 5.77. The van der Waals surface area contributed by atoms with E-state index in [9.17, 15) is 9.90 Å². The maximum Gasteiger partial charge on any atom is 0.278 e. The van der Waals surface area contributed by atoms with E-state index in [2.05, 4.69) is 57.0 Å². The average molecular weight is 470 g/mol. The number of hydrogen-bond acceptors (Lipinski definition) is 7. The molecular formula is C26H27N7O2. The maximum atomic E-state index is 13.1. The van der Waals surface area contributed by atoms with Gasteiger partial charge in [-0.05, 0) is 48.9 Å². The van der Waals surface area contributed by atoms with Gasteiger partial charge in [0, 0.05) is 25.0 Å². The number of aromatic nitrogens is 5. The molecule has 1 aliphatic rings. The number of allylic oxidation sites excluding steroid dienone is 1. The molecule has 4 heterocycles. The lowest BCUT2D eigenvalue weighted by Gasteiger charge is -2.22. The zero-order chi connectivity index (χ0) is 24.4. The number of anilines is 2. The van der Waals surface area contributed by atoms with Gasteiger partial charge >= 0.3 is 0 Å². The molecule has 1 aliphatic heterocycles. The molecule has 178 valence electrons. The van der Waals surface area contributed by atoms with Crippen LogP contribution in [0.25, 0.3) is 22.4 Å². The molecule has 9 heteroatoms. The fourth-order valence-electron chi connectivity index (χ4n) is 4.21. The third-order valence-electron chi connectivity index (χ3n) is 6.07. The second-order valence-electron chi connectivity index (χ2n) is 8.51. The molecule has 0 saturated heterocycles. The molecule has 0 amide bonds. The van der Waals surface area contributed by atoms with Crippen molar-refractivity contribution in [1.29, 1.82) is 0 Å². The first-order chi connectivity index (χ1) is 17.1. The lowest BCUT2D eigenvalue weighted by atomic mass is 9.99. The Hall–Kier alpha value is -4.08. The molecule has 4 aromatic rings. The van der Waals surface area contributed by atoms with E-state index in [0.29, 0.717) is 28.5 Å². The molecule has 35 heavy (non-hydrogen) atoms. The third-order valence-corrected chi connectivity index (χ3v) is 6.07. The molecular weight excluding hydrogens is 442 g/mol. The van der Waals surface area contributed by atoms with Gasteiger partial charge in [-0.15, -0.1) is 6.58 Å². The van der Waals surface area contributed by atoms with Gasteiger partial charge in [-0.25, -0.2) is 19.3 Å². The van der Waals surface area contributed by atoms with Crippen LogP contribution < -0.4 is 10.9 Å². The fourth-order valence-corrected chi connectivity index (χ4v) is 4.21. The van der Waals surface area contributed by atoms with Crippen molar-refractivity contribution in [2.45, 2.75) is 19.6 Å². The number of rotatable bonds is 7. The van der Waals surface area contributed by atoms with Crippen molar-refractivity contribution in [3.63, 3.8) is 0 Å². The lowest BCUT2D eigenvalue weighted by Crippen LogP contribution is -2.23. The summed E-state index contributed by atoms with van der Waals surface area (Å²) in [5.74, 6) is 0.845. The van der Waals surface area contributed by atoms with Gasteiger partial charge in [-0.2, -0.15) is 4.98 Å². The Morgan fingerprint density at radius 2 is 2.00 bits per heavy atom. The van der Waals surface area contributed by atoms with Gasteiger partial charge in [0.1, 0.15) is 5.39 Å². The van der Waals surface area contributed by atoms with E-state index in [-0.39, 0.29) is 18.7 Å². The molecule has 0 radical (unpaired) electrons. The number of benzene rings is 1. The van der Waals surface area contributed by atoms with Gasteiger partial charge in [0.15, 0.2) is 11.5 Å². The summed E-state index contributed by atoms with van der Waals surface area (Å²) in [6, 6.07) is 13.5. The Kier molecular flexibility index (Phi) is 6.26. The monoisotopic (exact) mass is 469 g/mol. The van der Waals surface area contributed by atoms with E-state index in [1.807, 2.05) is 12.1 Å². The van der Waals surface area contributed by atoms with Crippen LogP contribution in [0.2, 0.25) is 0 Å². The Labute approximate surface area is 202 Å². The van der Waals surface area contributed by atoms with Crippen molar-refractivity contribution in [3.05, 3.63) is 89.0 Å². The van der Waals surface area contributed by atoms with Gasteiger partial charge in [0.25, 0.3) is 5.56 Å². The zero-order valence-electron chi connectivity index (χ0n) is 19.6. The first kappa shape index (κ1) is 22.7. The number of hydrogen-bond donors (Lipinski definition) is 2. The van der Waals surface area contributed by atoms with E-state index in [0.717, 1.165) is 25.2 Å². The largest absolute Gasteiger partial charge is 0.390 e. The van der Waals surface area contributed by atoms with E-state index in [1.165, 1.54) is 22.0 Å². The molecule has 0 atom stereocenters. The highest BCUT2D eigenvalue weighted by Gasteiger charge is 2.18. The first-order valence-corrected chi connectivity index (χ1v) is 11.5. The summed E-state index contributed by atoms with van der Waals surface area (Å²) < 4.78 is 3.14. The summed E-state index contributed by atoms with van der Waals surface area (Å²) in [4.78, 5) is 28.8. The number of likely N-dealkylation sites (N-methyl/N-ethyl adjacent to an activating group) is 1. The molecule has 0 fully saturated rings. The summed E-state index contributed by atoms with van der Waals surface area (Å²) in [7, 11) is 2.13. The second kappa shape index (κ2) is 9.65. The molecule has 1 aromatic carbocycles. The van der Waals surface area contributed by atoms with Crippen LogP contribution in [0, 0.1) is 0 Å². The standard InChI is InChI=1S/C26H27N7O2/c1-3-13-32-25(35)22-16-27-26(30-24(22)33(32)23-6-4-5-21(17-34)28-23)29-20-9-7-18(8-10-20)19-11-14-31(2)15-12-19/h3-11,16,34H,1,12-15,17H2,2H3,(H,27,29,30). The highest BCUT2D eigenvalue weighted by Crippen LogP contribution is 2.24. The third kappa shape index (κ3) is 4.51. The fraction of sp³-hybridized carbons (Fsp3) is 0.231. The molecule has 0 saturated carbocycles. The van der Waals surface area contributed by atoms with E-state index < -0.39 is 0 Å². The number of nitrogens with one attached hydrogen (secondary N) is 1. The maximum absolute atomic E-state index is 13.1. The van der Waals surface area contributed by atoms with Crippen molar-refractivity contribution in [2.24, 2.45) is 0 Å². The SMILES string of the molecule is C=CCn1c(=O)c2cnc(Nc3ccc(C4=CCN(C)CC4)cc3)nc2n1-c1cccc(CO)n1. The predicted molar refractivity (Wildman–Crippen MR) is 137 cm³/mol. The molecule has 0 aliphatic carbocycles. The minimum absolute atomic E-state index is 0.204. The summed E-state index contributed by atoms with van der Waals surface area (Å²) >= 11 is 0. The summed E-state index contributed by atoms with van der Waals surface area (Å²) in [5, 5.41) is 13.1. The quantitative estimate of drug-likeness (QED) is 0.401. The molecule has 0 unspecified atom stereocenters. The van der Waals surface area contributed by atoms with Crippen LogP contribution in [0.15, 0.2) is 72.2 Å². The molecule has 0 spiro atoms. The number of fused-ring (bicyclic) bond motifs is 1. The topological polar surface area (TPSA) is 101 Å². The summed E-state index contributed by atoms with van der Waals surface area (Å²) in [6.45, 7) is 5.86. The van der Waals surface area contributed by atoms with Crippen LogP contribution >= 0.6 is 0 Å². The molecule has 2 N–H and O–H groups in total. The Morgan fingerprint density at radius 1 is 1.17 bits per heavy atom. The van der Waals surface area contributed by atoms with Gasteiger partial charge in [-0.1, -0.05) is 30.4 Å². The number of nitrogens with zero attached hydrogens (tertiary/aromatic N) is 6. The van der Waals surface area contributed by atoms with E-state index >= 15 is 0 Å². The van der Waals surface area contributed by atoms with Gasteiger partial charge in [-0.3, -0.25) is 4.79 Å². The molecule has 3 aromatic heterocycles. The van der Waals surface area contributed by atoms with Crippen molar-refractivity contribution < 1.29 is 5.11 Å². The Balaban J connectivity index is 1.50. The van der Waals surface area contributed by atoms with Gasteiger partial charge in [0.2, 0.25) is 5.95 Å². The minimum atomic E-state index is -0.238. The molecule has 9 nitrogen and oxygen atoms in total. The van der Waals surface area contributed by atoms with Crippen molar-refractivity contribution >= 4 is 28.2 Å². The zero-order valence-corrected chi connectivity index (χ0v) is 19.6. The van der Waals surface area contributed by atoms with E-state index in [1.54, 1.807) is 29.0 Å². The lowest BCUT2D eigenvalue weighted by molar-refractivity contribution is 0.276. The smallest absolute Gasteiger partial charge is 0.278 e. The normalized spacial score (nSPS) is 14.2. The van der Waals surface area contributed by atoms with Crippen LogP contribution in [-0.2, 0) is 13.2 Å². The average Bonchev–Trinajstić information content (AvgIpc) is 3.16. The Bertz CT molecular complexity index is 1470. The van der Waals surface area contributed by atoms with Crippen molar-refractivity contribution in [1.82, 2.24) is 29.2 Å². The van der Waals surface area contributed by atoms with Gasteiger partial charge < -0.3 is 15.3 Å². The van der Waals surface area contributed by atoms with Gasteiger partial charge in [0.05, 0.1) is 18.8 Å². The van der Waals surface area contributed by atoms with Crippen LogP contribution in [0.3, 0.4) is 0 Å².